The van der Waals surface area contributed by atoms with Gasteiger partial charge >= 0.3 is 0 Å². The fourth-order valence-corrected chi connectivity index (χ4v) is 9.54. The van der Waals surface area contributed by atoms with Crippen LogP contribution in [-0.2, 0) is 21.1 Å². The molecule has 0 amide bonds. The molecule has 0 saturated carbocycles. The fourth-order valence-electron chi connectivity index (χ4n) is 9.54. The molecule has 0 fully saturated rings. The minimum absolute atomic E-state index is 0. The van der Waals surface area contributed by atoms with E-state index in [-0.39, 0.29) is 44.2 Å². The molecule has 0 atom stereocenters. The van der Waals surface area contributed by atoms with Gasteiger partial charge in [-0.1, -0.05) is 206 Å². The zero-order chi connectivity index (χ0) is 53.8. The molecule has 2 heterocycles. The zero-order valence-corrected chi connectivity index (χ0v) is 44.4. The standard InChI is InChI=1S/C67H62N3O.Pt/c1-41(2)52-32-53(42(3)4)34-56(33-52)50-27-28-63(45(9)31-50)70-64-22-16-21-59(65(64)69-67(70)61-39-54(43(5)6)38-60(44(7)8)66(61)71)57-35-55(47-19-14-11-15-20-47)36-58(37-57)62-40-51(29-30-68-62)49-25-23-48(24-26-49)46-17-12-10-13-18-46;/h10-36,38-44,71H,1-9H3;/q-1;/i9D3,41D,42D;. The van der Waals surface area contributed by atoms with E-state index in [2.05, 4.69) is 107 Å². The van der Waals surface area contributed by atoms with Crippen LogP contribution in [0.2, 0.25) is 0 Å². The number of imidazole rings is 1. The van der Waals surface area contributed by atoms with Crippen LogP contribution in [0.4, 0.5) is 0 Å². The number of nitrogens with zero attached hydrogens (tertiary/aromatic N) is 3. The Hall–Kier alpha value is -7.13. The Bertz CT molecular complexity index is 3740. The van der Waals surface area contributed by atoms with Crippen LogP contribution in [0.25, 0.3) is 95.0 Å². The van der Waals surface area contributed by atoms with Crippen LogP contribution in [0, 0.1) is 12.9 Å². The van der Waals surface area contributed by atoms with Crippen molar-refractivity contribution in [2.45, 2.75) is 85.9 Å². The molecule has 8 aromatic carbocycles. The van der Waals surface area contributed by atoms with E-state index in [0.29, 0.717) is 33.7 Å². The van der Waals surface area contributed by atoms with Crippen LogP contribution >= 0.6 is 0 Å². The molecule has 4 nitrogen and oxygen atoms in total. The average molecular weight is 1130 g/mol. The number of aromatic nitrogens is 3. The molecule has 10 rings (SSSR count). The number of hydrogen-bond acceptors (Lipinski definition) is 3. The third-order valence-electron chi connectivity index (χ3n) is 13.7. The van der Waals surface area contributed by atoms with Crippen molar-refractivity contribution < 1.29 is 33.0 Å². The number of benzene rings is 8. The Morgan fingerprint density at radius 1 is 0.514 bits per heavy atom. The van der Waals surface area contributed by atoms with Crippen molar-refractivity contribution in [1.29, 1.82) is 0 Å². The molecule has 2 aromatic heterocycles. The van der Waals surface area contributed by atoms with Crippen molar-refractivity contribution in [1.82, 2.24) is 14.5 Å². The molecule has 72 heavy (non-hydrogen) atoms. The summed E-state index contributed by atoms with van der Waals surface area (Å²) in [6, 6.07) is 62.5. The van der Waals surface area contributed by atoms with Gasteiger partial charge in [-0.15, -0.1) is 23.8 Å². The SMILES string of the molecule is [2H]C([2H])([2H])c1cc(-c2cc(C([2H])(C)C)cc(C([2H])(C)C)c2)ccc1-n1c(-c2cc(C(C)C)cc(C(C)C)c2O)nc2c(-c3[c-]c(-c4cc(-c5ccc(-c6ccccc6)cc5)ccn4)cc(-c4ccccc4)c3)cccc21.[Pt]. The Morgan fingerprint density at radius 3 is 1.72 bits per heavy atom. The van der Waals surface area contributed by atoms with Crippen molar-refractivity contribution >= 4 is 11.0 Å². The van der Waals surface area contributed by atoms with Gasteiger partial charge in [0.25, 0.3) is 0 Å². The van der Waals surface area contributed by atoms with Gasteiger partial charge in [0.1, 0.15) is 11.6 Å². The summed E-state index contributed by atoms with van der Waals surface area (Å²) in [6.07, 6.45) is 1.84. The normalized spacial score (nSPS) is 13.1. The predicted molar refractivity (Wildman–Crippen MR) is 299 cm³/mol. The van der Waals surface area contributed by atoms with E-state index in [1.807, 2.05) is 136 Å². The van der Waals surface area contributed by atoms with Gasteiger partial charge < -0.3 is 5.11 Å². The van der Waals surface area contributed by atoms with Gasteiger partial charge in [0.05, 0.1) is 22.3 Å². The molecule has 362 valence electrons. The predicted octanol–water partition coefficient (Wildman–Crippen LogP) is 18.4. The molecule has 0 aliphatic carbocycles. The molecular formula is C67H62N3OPt-. The maximum Gasteiger partial charge on any atom is 0.148 e. The van der Waals surface area contributed by atoms with E-state index in [0.717, 1.165) is 83.6 Å². The van der Waals surface area contributed by atoms with E-state index in [1.54, 1.807) is 6.07 Å². The number of phenols is 1. The zero-order valence-electron chi connectivity index (χ0n) is 47.1. The number of fused-ring (bicyclic) bond motifs is 1. The van der Waals surface area contributed by atoms with Crippen LogP contribution in [0.1, 0.15) is 114 Å². The molecule has 1 N–H and O–H groups in total. The van der Waals surface area contributed by atoms with Gasteiger partial charge in [-0.3, -0.25) is 9.55 Å². The summed E-state index contributed by atoms with van der Waals surface area (Å²) >= 11 is 0. The molecule has 0 saturated heterocycles. The Kier molecular flexibility index (Phi) is 12.7. The molecular weight excluding hydrogens is 1060 g/mol. The molecule has 0 bridgehead atoms. The van der Waals surface area contributed by atoms with Gasteiger partial charge in [0, 0.05) is 39.8 Å². The summed E-state index contributed by atoms with van der Waals surface area (Å²) in [7, 11) is 0. The summed E-state index contributed by atoms with van der Waals surface area (Å²) in [4.78, 5) is 10.4. The first-order valence-electron chi connectivity index (χ1n) is 27.1. The van der Waals surface area contributed by atoms with E-state index in [4.69, 9.17) is 16.8 Å². The fraction of sp³-hybridized carbons (Fsp3) is 0.194. The second kappa shape index (κ2) is 20.9. The third-order valence-corrected chi connectivity index (χ3v) is 13.7. The Morgan fingerprint density at radius 2 is 1.10 bits per heavy atom. The van der Waals surface area contributed by atoms with Crippen molar-refractivity contribution in [3.63, 3.8) is 0 Å². The number of hydrogen-bond donors (Lipinski definition) is 1. The molecule has 0 aliphatic rings. The van der Waals surface area contributed by atoms with E-state index in [9.17, 15) is 5.11 Å². The molecule has 5 heteroatoms. The second-order valence-electron chi connectivity index (χ2n) is 19.7. The third kappa shape index (κ3) is 9.90. The Balaban J connectivity index is 0.00000722. The van der Waals surface area contributed by atoms with E-state index < -0.39 is 18.6 Å². The van der Waals surface area contributed by atoms with E-state index in [1.165, 1.54) is 0 Å². The summed E-state index contributed by atoms with van der Waals surface area (Å²) in [5.41, 5.74) is 16.2. The van der Waals surface area contributed by atoms with Crippen molar-refractivity contribution in [2.24, 2.45) is 0 Å². The topological polar surface area (TPSA) is 50.9 Å². The molecule has 0 unspecified atom stereocenters. The van der Waals surface area contributed by atoms with Crippen LogP contribution < -0.4 is 0 Å². The minimum atomic E-state index is -2.61. The van der Waals surface area contributed by atoms with Gasteiger partial charge in [-0.25, -0.2) is 4.98 Å². The minimum Gasteiger partial charge on any atom is -0.507 e. The molecule has 10 aromatic rings. The van der Waals surface area contributed by atoms with Crippen molar-refractivity contribution in [3.05, 3.63) is 216 Å². The quantitative estimate of drug-likeness (QED) is 0.124. The van der Waals surface area contributed by atoms with Crippen LogP contribution in [0.5, 0.6) is 5.75 Å². The summed E-state index contributed by atoms with van der Waals surface area (Å²) in [5.74, 6) is -1.37. The van der Waals surface area contributed by atoms with Crippen LogP contribution in [0.3, 0.4) is 0 Å². The smallest absolute Gasteiger partial charge is 0.148 e. The monoisotopic (exact) mass is 1120 g/mol. The number of phenolic OH excluding ortho intramolecular Hbond substituents is 1. The number of rotatable bonds is 12. The summed E-state index contributed by atoms with van der Waals surface area (Å²) in [5, 5.41) is 12.4. The van der Waals surface area contributed by atoms with Gasteiger partial charge in [0.2, 0.25) is 0 Å². The first-order chi connectivity index (χ1) is 36.1. The van der Waals surface area contributed by atoms with E-state index >= 15 is 0 Å². The first-order valence-corrected chi connectivity index (χ1v) is 24.6. The first kappa shape index (κ1) is 43.6. The second-order valence-corrected chi connectivity index (χ2v) is 19.7. The van der Waals surface area contributed by atoms with Gasteiger partial charge in [-0.05, 0) is 128 Å². The molecule has 0 radical (unpaired) electrons. The average Bonchev–Trinajstić information content (AvgIpc) is 3.85. The van der Waals surface area contributed by atoms with Gasteiger partial charge in [0.15, 0.2) is 0 Å². The number of aromatic hydroxyl groups is 1. The summed E-state index contributed by atoms with van der Waals surface area (Å²) in [6.45, 7) is 13.0. The molecule has 0 aliphatic heterocycles. The maximum absolute atomic E-state index is 12.4. The van der Waals surface area contributed by atoms with Crippen LogP contribution in [-0.4, -0.2) is 19.6 Å². The Labute approximate surface area is 447 Å². The van der Waals surface area contributed by atoms with Crippen molar-refractivity contribution in [2.75, 3.05) is 0 Å². The van der Waals surface area contributed by atoms with Gasteiger partial charge in [-0.2, -0.15) is 0 Å². The molecule has 0 spiro atoms. The summed E-state index contributed by atoms with van der Waals surface area (Å²) < 4.78 is 47.3. The number of para-hydroxylation sites is 1. The largest absolute Gasteiger partial charge is 0.507 e. The van der Waals surface area contributed by atoms with Crippen molar-refractivity contribution in [3.8, 4) is 89.7 Å². The van der Waals surface area contributed by atoms with Crippen LogP contribution in [0.15, 0.2) is 182 Å². The maximum atomic E-state index is 12.4. The number of pyridine rings is 1. The number of aryl methyl sites for hydroxylation is 1.